The van der Waals surface area contributed by atoms with Crippen molar-refractivity contribution in [2.75, 3.05) is 19.7 Å². The number of aliphatic hydroxyl groups excluding tert-OH is 1. The van der Waals surface area contributed by atoms with Crippen LogP contribution in [0.3, 0.4) is 0 Å². The third-order valence-corrected chi connectivity index (χ3v) is 5.56. The number of aliphatic hydroxyl groups is 1. The highest BCUT2D eigenvalue weighted by Gasteiger charge is 2.26. The maximum atomic E-state index is 12.9. The summed E-state index contributed by atoms with van der Waals surface area (Å²) in [6, 6.07) is 5.74. The molecule has 1 fully saturated rings. The number of nitrogens with one attached hydrogen (secondary N) is 1. The van der Waals surface area contributed by atoms with Crippen molar-refractivity contribution in [1.82, 2.24) is 24.8 Å². The quantitative estimate of drug-likeness (QED) is 0.697. The van der Waals surface area contributed by atoms with E-state index in [0.717, 1.165) is 53.4 Å². The number of aromatic nitrogens is 4. The number of imidazole rings is 1. The molecule has 0 radical (unpaired) electrons. The zero-order valence-corrected chi connectivity index (χ0v) is 16.7. The lowest BCUT2D eigenvalue weighted by Crippen LogP contribution is -2.28. The summed E-state index contributed by atoms with van der Waals surface area (Å²) >= 11 is 0. The van der Waals surface area contributed by atoms with Gasteiger partial charge >= 0.3 is 0 Å². The van der Waals surface area contributed by atoms with E-state index in [9.17, 15) is 4.79 Å². The summed E-state index contributed by atoms with van der Waals surface area (Å²) < 4.78 is 0. The van der Waals surface area contributed by atoms with Crippen LogP contribution in [0.25, 0.3) is 22.6 Å². The normalized spacial score (nSPS) is 16.4. The van der Waals surface area contributed by atoms with Crippen LogP contribution in [0.4, 0.5) is 0 Å². The molecule has 4 rings (SSSR count). The maximum Gasteiger partial charge on any atom is 0.255 e. The molecule has 1 aliphatic heterocycles. The second-order valence-electron chi connectivity index (χ2n) is 7.61. The highest BCUT2D eigenvalue weighted by molar-refractivity contribution is 5.95. The average Bonchev–Trinajstić information content (AvgIpc) is 3.35. The predicted octanol–water partition coefficient (Wildman–Crippen LogP) is 3.00. The molecular weight excluding hydrogens is 366 g/mol. The molecule has 7 heteroatoms. The van der Waals surface area contributed by atoms with E-state index >= 15 is 0 Å². The zero-order valence-electron chi connectivity index (χ0n) is 16.7. The van der Waals surface area contributed by atoms with Crippen LogP contribution in [0.5, 0.6) is 0 Å². The van der Waals surface area contributed by atoms with Crippen molar-refractivity contribution >= 4 is 5.91 Å². The van der Waals surface area contributed by atoms with E-state index < -0.39 is 0 Å². The molecule has 7 nitrogen and oxygen atoms in total. The first kappa shape index (κ1) is 19.3. The standard InChI is InChI=1S/C22H25N5O2/c1-14-15(2)26-21(25-14)20-10-17(3-6-24-20)18-9-19(12-23-11-18)22(29)27-7-4-16(13-27)5-8-28/h3,6,9-12,16,28H,4-5,7-8,13H2,1-2H3,(H,25,26). The smallest absolute Gasteiger partial charge is 0.255 e. The summed E-state index contributed by atoms with van der Waals surface area (Å²) in [7, 11) is 0. The van der Waals surface area contributed by atoms with Gasteiger partial charge in [0.25, 0.3) is 5.91 Å². The fourth-order valence-corrected chi connectivity index (χ4v) is 3.74. The van der Waals surface area contributed by atoms with Gasteiger partial charge < -0.3 is 15.0 Å². The number of hydrogen-bond donors (Lipinski definition) is 2. The van der Waals surface area contributed by atoms with Crippen LogP contribution in [0, 0.1) is 19.8 Å². The molecule has 1 amide bonds. The Labute approximate surface area is 169 Å². The summed E-state index contributed by atoms with van der Waals surface area (Å²) in [6.07, 6.45) is 6.80. The van der Waals surface area contributed by atoms with Crippen molar-refractivity contribution in [2.45, 2.75) is 26.7 Å². The number of carbonyl (C=O) groups is 1. The summed E-state index contributed by atoms with van der Waals surface area (Å²) in [4.78, 5) is 31.3. The first-order valence-electron chi connectivity index (χ1n) is 9.90. The second-order valence-corrected chi connectivity index (χ2v) is 7.61. The number of amides is 1. The summed E-state index contributed by atoms with van der Waals surface area (Å²) in [5, 5.41) is 9.13. The number of rotatable bonds is 5. The predicted molar refractivity (Wildman–Crippen MR) is 110 cm³/mol. The molecule has 150 valence electrons. The lowest BCUT2D eigenvalue weighted by Gasteiger charge is -2.16. The molecule has 29 heavy (non-hydrogen) atoms. The number of nitrogens with zero attached hydrogens (tertiary/aromatic N) is 4. The molecule has 0 aromatic carbocycles. The Hall–Kier alpha value is -3.06. The molecule has 1 aliphatic rings. The molecule has 0 saturated carbocycles. The summed E-state index contributed by atoms with van der Waals surface area (Å²) in [5.74, 6) is 1.10. The number of hydrogen-bond acceptors (Lipinski definition) is 5. The monoisotopic (exact) mass is 391 g/mol. The molecule has 0 bridgehead atoms. The lowest BCUT2D eigenvalue weighted by atomic mass is 10.1. The third-order valence-electron chi connectivity index (χ3n) is 5.56. The Morgan fingerprint density at radius 1 is 1.28 bits per heavy atom. The van der Waals surface area contributed by atoms with E-state index in [1.54, 1.807) is 18.6 Å². The van der Waals surface area contributed by atoms with Crippen LogP contribution in [0.2, 0.25) is 0 Å². The van der Waals surface area contributed by atoms with Gasteiger partial charge in [-0.25, -0.2) is 4.98 Å². The number of H-pyrrole nitrogens is 1. The molecule has 4 heterocycles. The Kier molecular flexibility index (Phi) is 5.40. The highest BCUT2D eigenvalue weighted by atomic mass is 16.3. The van der Waals surface area contributed by atoms with E-state index in [1.165, 1.54) is 0 Å². The molecule has 0 aliphatic carbocycles. The summed E-state index contributed by atoms with van der Waals surface area (Å²) in [6.45, 7) is 5.53. The average molecular weight is 391 g/mol. The van der Waals surface area contributed by atoms with Crippen LogP contribution in [0.1, 0.15) is 34.6 Å². The highest BCUT2D eigenvalue weighted by Crippen LogP contribution is 2.26. The third kappa shape index (κ3) is 4.05. The fourth-order valence-electron chi connectivity index (χ4n) is 3.74. The van der Waals surface area contributed by atoms with Crippen molar-refractivity contribution < 1.29 is 9.90 Å². The van der Waals surface area contributed by atoms with Crippen molar-refractivity contribution in [3.63, 3.8) is 0 Å². The number of aromatic amines is 1. The minimum atomic E-state index is -0.00801. The van der Waals surface area contributed by atoms with Crippen LogP contribution >= 0.6 is 0 Å². The molecular formula is C22H25N5O2. The SMILES string of the molecule is Cc1nc(-c2cc(-c3cncc(C(=O)N4CCC(CCO)C4)c3)ccn2)[nH]c1C. The van der Waals surface area contributed by atoms with Gasteiger partial charge in [0.1, 0.15) is 5.69 Å². The number of carbonyl (C=O) groups excluding carboxylic acids is 1. The van der Waals surface area contributed by atoms with Gasteiger partial charge in [0, 0.05) is 49.5 Å². The van der Waals surface area contributed by atoms with E-state index in [0.29, 0.717) is 18.0 Å². The first-order valence-corrected chi connectivity index (χ1v) is 9.90. The van der Waals surface area contributed by atoms with Gasteiger partial charge in [-0.05, 0) is 56.4 Å². The van der Waals surface area contributed by atoms with Crippen molar-refractivity contribution in [2.24, 2.45) is 5.92 Å². The van der Waals surface area contributed by atoms with Gasteiger partial charge in [-0.15, -0.1) is 0 Å². The Balaban J connectivity index is 1.58. The van der Waals surface area contributed by atoms with Crippen LogP contribution in [0.15, 0.2) is 36.8 Å². The van der Waals surface area contributed by atoms with Crippen LogP contribution in [-0.2, 0) is 0 Å². The molecule has 3 aromatic heterocycles. The zero-order chi connectivity index (χ0) is 20.4. The van der Waals surface area contributed by atoms with E-state index in [1.807, 2.05) is 36.9 Å². The maximum absolute atomic E-state index is 12.9. The topological polar surface area (TPSA) is 95.0 Å². The van der Waals surface area contributed by atoms with Crippen molar-refractivity contribution in [3.8, 4) is 22.6 Å². The number of aryl methyl sites for hydroxylation is 2. The first-order chi connectivity index (χ1) is 14.0. The number of pyridine rings is 2. The molecule has 0 spiro atoms. The minimum absolute atomic E-state index is 0.00801. The van der Waals surface area contributed by atoms with Gasteiger partial charge in [-0.3, -0.25) is 14.8 Å². The second kappa shape index (κ2) is 8.13. The van der Waals surface area contributed by atoms with E-state index in [2.05, 4.69) is 19.9 Å². The van der Waals surface area contributed by atoms with Gasteiger partial charge in [-0.1, -0.05) is 0 Å². The van der Waals surface area contributed by atoms with Crippen LogP contribution < -0.4 is 0 Å². The molecule has 3 aromatic rings. The minimum Gasteiger partial charge on any atom is -0.396 e. The van der Waals surface area contributed by atoms with Crippen molar-refractivity contribution in [1.29, 1.82) is 0 Å². The van der Waals surface area contributed by atoms with E-state index in [4.69, 9.17) is 5.11 Å². The molecule has 1 saturated heterocycles. The van der Waals surface area contributed by atoms with Gasteiger partial charge in [0.2, 0.25) is 0 Å². The van der Waals surface area contributed by atoms with E-state index in [-0.39, 0.29) is 12.5 Å². The molecule has 2 N–H and O–H groups in total. The van der Waals surface area contributed by atoms with Gasteiger partial charge in [-0.2, -0.15) is 0 Å². The summed E-state index contributed by atoms with van der Waals surface area (Å²) in [5.41, 5.74) is 5.10. The Bertz CT molecular complexity index is 1010. The van der Waals surface area contributed by atoms with Gasteiger partial charge in [0.05, 0.1) is 11.3 Å². The Morgan fingerprint density at radius 3 is 2.90 bits per heavy atom. The fraction of sp³-hybridized carbons (Fsp3) is 0.364. The lowest BCUT2D eigenvalue weighted by molar-refractivity contribution is 0.0784. The van der Waals surface area contributed by atoms with Crippen LogP contribution in [-0.4, -0.2) is 55.5 Å². The van der Waals surface area contributed by atoms with Gasteiger partial charge in [0.15, 0.2) is 5.82 Å². The largest absolute Gasteiger partial charge is 0.396 e. The Morgan fingerprint density at radius 2 is 2.14 bits per heavy atom. The molecule has 1 unspecified atom stereocenters. The molecule has 1 atom stereocenters. The van der Waals surface area contributed by atoms with Crippen molar-refractivity contribution in [3.05, 3.63) is 53.7 Å². The number of likely N-dealkylation sites (tertiary alicyclic amines) is 1.